The van der Waals surface area contributed by atoms with Crippen molar-refractivity contribution in [3.63, 3.8) is 0 Å². The molecule has 0 spiro atoms. The molecule has 36 heavy (non-hydrogen) atoms. The van der Waals surface area contributed by atoms with Gasteiger partial charge in [0.15, 0.2) is 0 Å². The zero-order chi connectivity index (χ0) is 25.9. The fourth-order valence-corrected chi connectivity index (χ4v) is 4.82. The third-order valence-electron chi connectivity index (χ3n) is 5.96. The number of nitrogens with one attached hydrogen (secondary N) is 1. The van der Waals surface area contributed by atoms with Crippen LogP contribution in [0.5, 0.6) is 0 Å². The Hall–Kier alpha value is -3.12. The fourth-order valence-electron chi connectivity index (χ4n) is 3.84. The summed E-state index contributed by atoms with van der Waals surface area (Å²) in [5.41, 5.74) is 5.04. The summed E-state index contributed by atoms with van der Waals surface area (Å²) in [6, 6.07) is 24.2. The van der Waals surface area contributed by atoms with Crippen molar-refractivity contribution in [2.45, 2.75) is 50.6 Å². The van der Waals surface area contributed by atoms with Crippen molar-refractivity contribution in [3.8, 4) is 11.1 Å². The van der Waals surface area contributed by atoms with Gasteiger partial charge in [0, 0.05) is 29.2 Å². The van der Waals surface area contributed by atoms with E-state index >= 15 is 0 Å². The minimum atomic E-state index is -0.928. The van der Waals surface area contributed by atoms with Crippen LogP contribution in [0.2, 0.25) is 0 Å². The number of halogens is 1. The maximum Gasteiger partial charge on any atom is 0.305 e. The average Bonchev–Trinajstić information content (AvgIpc) is 2.87. The van der Waals surface area contributed by atoms with Gasteiger partial charge >= 0.3 is 5.97 Å². The first kappa shape index (κ1) is 27.5. The average molecular weight is 508 g/mol. The number of alkyl halides is 1. The predicted octanol–water partition coefficient (Wildman–Crippen LogP) is 6.82. The van der Waals surface area contributed by atoms with Crippen LogP contribution in [0.25, 0.3) is 11.1 Å². The number of carbonyl (C=O) groups is 2. The van der Waals surface area contributed by atoms with E-state index < -0.39 is 12.1 Å². The van der Waals surface area contributed by atoms with Crippen molar-refractivity contribution >= 4 is 23.6 Å². The summed E-state index contributed by atoms with van der Waals surface area (Å²) < 4.78 is 13.2. The third-order valence-corrected chi connectivity index (χ3v) is 7.30. The highest BCUT2D eigenvalue weighted by Gasteiger charge is 2.08. The van der Waals surface area contributed by atoms with Gasteiger partial charge in [-0.1, -0.05) is 55.5 Å². The summed E-state index contributed by atoms with van der Waals surface area (Å²) in [6.45, 7) is 3.97. The first-order valence-electron chi connectivity index (χ1n) is 12.4. The first-order valence-corrected chi connectivity index (χ1v) is 13.3. The number of amides is 1. The van der Waals surface area contributed by atoms with Crippen molar-refractivity contribution in [2.24, 2.45) is 5.92 Å². The van der Waals surface area contributed by atoms with E-state index in [2.05, 4.69) is 48.6 Å². The van der Waals surface area contributed by atoms with E-state index in [1.807, 2.05) is 36.0 Å². The lowest BCUT2D eigenvalue weighted by Crippen LogP contribution is -2.25. The fraction of sp³-hybridized carbons (Fsp3) is 0.333. The highest BCUT2D eigenvalue weighted by Crippen LogP contribution is 2.27. The van der Waals surface area contributed by atoms with Gasteiger partial charge in [0.05, 0.1) is 6.42 Å². The van der Waals surface area contributed by atoms with Crippen LogP contribution in [0.1, 0.15) is 48.2 Å². The molecule has 0 aromatic heterocycles. The molecule has 3 aromatic rings. The van der Waals surface area contributed by atoms with E-state index in [4.69, 9.17) is 5.11 Å². The van der Waals surface area contributed by atoms with Crippen LogP contribution in [-0.4, -0.2) is 35.5 Å². The van der Waals surface area contributed by atoms with Crippen LogP contribution >= 0.6 is 11.8 Å². The minimum absolute atomic E-state index is 0.0836. The Labute approximate surface area is 217 Å². The molecule has 0 radical (unpaired) electrons. The molecule has 0 aliphatic heterocycles. The number of carboxylic acids is 1. The summed E-state index contributed by atoms with van der Waals surface area (Å²) in [5.74, 6) is 0.392. The van der Waals surface area contributed by atoms with Gasteiger partial charge in [-0.15, -0.1) is 11.8 Å². The molecule has 2 atom stereocenters. The van der Waals surface area contributed by atoms with Crippen LogP contribution in [0.4, 0.5) is 4.39 Å². The standard InChI is InChI=1S/C30H34FNO3S/c1-21(3-4-23-5-11-27(12-6-23)30(35)32-18-17-29(33)34)20-36-28-15-13-26(14-16-28)25-9-7-24(8-10-25)19-22(2)31/h5-16,21-22H,3-4,17-20H2,1-2H3,(H,32,35)(H,33,34). The number of hydrogen-bond donors (Lipinski definition) is 2. The zero-order valence-electron chi connectivity index (χ0n) is 20.9. The molecule has 0 fully saturated rings. The summed E-state index contributed by atoms with van der Waals surface area (Å²) in [5, 5.41) is 11.3. The Morgan fingerprint density at radius 1 is 0.889 bits per heavy atom. The summed E-state index contributed by atoms with van der Waals surface area (Å²) in [6.07, 6.45) is 1.54. The molecule has 0 aliphatic carbocycles. The Kier molecular flexibility index (Phi) is 10.6. The van der Waals surface area contributed by atoms with Crippen molar-refractivity contribution < 1.29 is 19.1 Å². The number of thioether (sulfide) groups is 1. The van der Waals surface area contributed by atoms with Crippen molar-refractivity contribution in [1.82, 2.24) is 5.32 Å². The number of hydrogen-bond acceptors (Lipinski definition) is 3. The Balaban J connectivity index is 1.41. The van der Waals surface area contributed by atoms with Gasteiger partial charge in [-0.3, -0.25) is 9.59 Å². The molecule has 0 heterocycles. The molecule has 0 aliphatic rings. The summed E-state index contributed by atoms with van der Waals surface area (Å²) in [7, 11) is 0. The summed E-state index contributed by atoms with van der Waals surface area (Å²) in [4.78, 5) is 23.9. The van der Waals surface area contributed by atoms with Crippen molar-refractivity contribution in [1.29, 1.82) is 0 Å². The SMILES string of the molecule is CC(F)Cc1ccc(-c2ccc(SCC(C)CCc3ccc(C(=O)NCCC(=O)O)cc3)cc2)cc1. The molecule has 190 valence electrons. The molecule has 3 aromatic carbocycles. The quantitative estimate of drug-likeness (QED) is 0.249. The molecule has 4 nitrogen and oxygen atoms in total. The smallest absolute Gasteiger partial charge is 0.305 e. The van der Waals surface area contributed by atoms with Gasteiger partial charge < -0.3 is 10.4 Å². The highest BCUT2D eigenvalue weighted by atomic mass is 32.2. The van der Waals surface area contributed by atoms with E-state index in [9.17, 15) is 14.0 Å². The van der Waals surface area contributed by atoms with Gasteiger partial charge in [-0.2, -0.15) is 0 Å². The van der Waals surface area contributed by atoms with Crippen LogP contribution < -0.4 is 5.32 Å². The van der Waals surface area contributed by atoms with Gasteiger partial charge in [0.1, 0.15) is 6.17 Å². The lowest BCUT2D eigenvalue weighted by molar-refractivity contribution is -0.136. The highest BCUT2D eigenvalue weighted by molar-refractivity contribution is 7.99. The molecular weight excluding hydrogens is 473 g/mol. The van der Waals surface area contributed by atoms with Crippen molar-refractivity contribution in [2.75, 3.05) is 12.3 Å². The lowest BCUT2D eigenvalue weighted by Gasteiger charge is -2.12. The van der Waals surface area contributed by atoms with Crippen molar-refractivity contribution in [3.05, 3.63) is 89.5 Å². The number of benzene rings is 3. The maximum absolute atomic E-state index is 13.2. The monoisotopic (exact) mass is 507 g/mol. The van der Waals surface area contributed by atoms with E-state index in [0.717, 1.165) is 35.3 Å². The Morgan fingerprint density at radius 2 is 1.47 bits per heavy atom. The molecule has 0 bridgehead atoms. The second-order valence-corrected chi connectivity index (χ2v) is 10.4. The topological polar surface area (TPSA) is 66.4 Å². The van der Waals surface area contributed by atoms with Crippen LogP contribution in [0, 0.1) is 5.92 Å². The van der Waals surface area contributed by atoms with Gasteiger partial charge in [0.2, 0.25) is 0 Å². The molecular formula is C30H34FNO3S. The van der Waals surface area contributed by atoms with Gasteiger partial charge in [-0.25, -0.2) is 4.39 Å². The van der Waals surface area contributed by atoms with Crippen LogP contribution in [0.3, 0.4) is 0 Å². The van der Waals surface area contributed by atoms with E-state index in [0.29, 0.717) is 17.9 Å². The van der Waals surface area contributed by atoms with Gasteiger partial charge in [0.25, 0.3) is 5.91 Å². The van der Waals surface area contributed by atoms with Gasteiger partial charge in [-0.05, 0) is 72.2 Å². The zero-order valence-corrected chi connectivity index (χ0v) is 21.7. The summed E-state index contributed by atoms with van der Waals surface area (Å²) >= 11 is 1.86. The maximum atomic E-state index is 13.2. The molecule has 1 amide bonds. The number of carbonyl (C=O) groups excluding carboxylic acids is 1. The minimum Gasteiger partial charge on any atom is -0.481 e. The molecule has 0 saturated heterocycles. The number of aliphatic carboxylic acids is 1. The second kappa shape index (κ2) is 13.8. The first-order chi connectivity index (χ1) is 17.3. The van der Waals surface area contributed by atoms with Crippen LogP contribution in [-0.2, 0) is 17.6 Å². The predicted molar refractivity (Wildman–Crippen MR) is 145 cm³/mol. The Bertz CT molecular complexity index is 1110. The molecule has 2 unspecified atom stereocenters. The molecule has 6 heteroatoms. The third kappa shape index (κ3) is 9.15. The van der Waals surface area contributed by atoms with E-state index in [-0.39, 0.29) is 18.9 Å². The Morgan fingerprint density at radius 3 is 2.06 bits per heavy atom. The number of carboxylic acid groups (broad SMARTS) is 1. The van der Waals surface area contributed by atoms with E-state index in [1.165, 1.54) is 10.5 Å². The largest absolute Gasteiger partial charge is 0.481 e. The molecule has 3 rings (SSSR count). The lowest BCUT2D eigenvalue weighted by atomic mass is 10.0. The van der Waals surface area contributed by atoms with Crippen LogP contribution in [0.15, 0.2) is 77.7 Å². The van der Waals surface area contributed by atoms with E-state index in [1.54, 1.807) is 19.1 Å². The molecule has 2 N–H and O–H groups in total. The number of rotatable bonds is 13. The molecule has 0 saturated carbocycles. The normalized spacial score (nSPS) is 12.6. The number of aryl methyl sites for hydroxylation is 1. The second-order valence-electron chi connectivity index (χ2n) is 9.26.